The number of carboxylic acids is 1. The smallest absolute Gasteiger partial charge is 0.324 e. The van der Waals surface area contributed by atoms with Crippen LogP contribution in [0.15, 0.2) is 48.0 Å². The molecule has 0 saturated heterocycles. The standard InChI is InChI=1S/C26H31N5O5S/c1-16(2)12-19(20-15-37-24(29-20)9-10-25(33)34)28-23(32)14-17-7-8-18(21(13-17)36-3)30-26(35)31-22-6-4-5-11-27-22/h4-8,11,13,15-16,19H,9-10,12,14H2,1-3H3,(H,28,32)(H,33,34)(H2,27,30,31,35). The highest BCUT2D eigenvalue weighted by Crippen LogP contribution is 2.27. The predicted octanol–water partition coefficient (Wildman–Crippen LogP) is 4.65. The lowest BCUT2D eigenvalue weighted by Gasteiger charge is -2.19. The van der Waals surface area contributed by atoms with E-state index in [1.54, 1.807) is 42.6 Å². The summed E-state index contributed by atoms with van der Waals surface area (Å²) in [5, 5.41) is 20.0. The molecule has 37 heavy (non-hydrogen) atoms. The van der Waals surface area contributed by atoms with Crippen LogP contribution in [0.4, 0.5) is 16.3 Å². The van der Waals surface area contributed by atoms with Crippen molar-refractivity contribution in [3.63, 3.8) is 0 Å². The Hall–Kier alpha value is -3.99. The number of nitrogens with one attached hydrogen (secondary N) is 3. The SMILES string of the molecule is COc1cc(CC(=O)NC(CC(C)C)c2csc(CCC(=O)O)n2)ccc1NC(=O)Nc1ccccn1. The third-order valence-corrected chi connectivity index (χ3v) is 6.23. The zero-order chi connectivity index (χ0) is 26.8. The van der Waals surface area contributed by atoms with Crippen LogP contribution in [0.25, 0.3) is 0 Å². The van der Waals surface area contributed by atoms with Crippen molar-refractivity contribution >= 4 is 40.7 Å². The van der Waals surface area contributed by atoms with E-state index in [-0.39, 0.29) is 24.8 Å². The first-order valence-electron chi connectivity index (χ1n) is 11.8. The quantitative estimate of drug-likeness (QED) is 0.269. The maximum absolute atomic E-state index is 12.9. The lowest BCUT2D eigenvalue weighted by Crippen LogP contribution is -2.31. The fraction of sp³-hybridized carbons (Fsp3) is 0.346. The average Bonchev–Trinajstić information content (AvgIpc) is 3.33. The number of aliphatic carboxylic acids is 1. The van der Waals surface area contributed by atoms with E-state index in [9.17, 15) is 14.4 Å². The van der Waals surface area contributed by atoms with Crippen LogP contribution in [0.2, 0.25) is 0 Å². The summed E-state index contributed by atoms with van der Waals surface area (Å²) in [6, 6.07) is 9.59. The lowest BCUT2D eigenvalue weighted by molar-refractivity contribution is -0.137. The van der Waals surface area contributed by atoms with Crippen molar-refractivity contribution in [1.82, 2.24) is 15.3 Å². The molecule has 0 fully saturated rings. The van der Waals surface area contributed by atoms with E-state index in [4.69, 9.17) is 9.84 Å². The second-order valence-corrected chi connectivity index (χ2v) is 9.76. The minimum absolute atomic E-state index is 0.0195. The Morgan fingerprint density at radius 3 is 2.62 bits per heavy atom. The molecule has 11 heteroatoms. The Kier molecular flexibility index (Phi) is 9.96. The number of amides is 3. The Labute approximate surface area is 219 Å². The summed E-state index contributed by atoms with van der Waals surface area (Å²) >= 11 is 1.40. The van der Waals surface area contributed by atoms with Gasteiger partial charge in [-0.15, -0.1) is 11.3 Å². The number of rotatable bonds is 12. The summed E-state index contributed by atoms with van der Waals surface area (Å²) in [6.07, 6.45) is 2.77. The molecule has 1 aromatic carbocycles. The van der Waals surface area contributed by atoms with Crippen molar-refractivity contribution < 1.29 is 24.2 Å². The van der Waals surface area contributed by atoms with Gasteiger partial charge < -0.3 is 20.5 Å². The van der Waals surface area contributed by atoms with Gasteiger partial charge in [-0.3, -0.25) is 14.9 Å². The summed E-state index contributed by atoms with van der Waals surface area (Å²) in [6.45, 7) is 4.13. The van der Waals surface area contributed by atoms with Crippen LogP contribution in [0.3, 0.4) is 0 Å². The molecule has 2 aromatic heterocycles. The summed E-state index contributed by atoms with van der Waals surface area (Å²) in [7, 11) is 1.49. The number of aromatic nitrogens is 2. The molecule has 196 valence electrons. The summed E-state index contributed by atoms with van der Waals surface area (Å²) in [5.74, 6) is 0.105. The van der Waals surface area contributed by atoms with Gasteiger partial charge in [0.05, 0.1) is 42.4 Å². The number of aryl methyl sites for hydroxylation is 1. The van der Waals surface area contributed by atoms with E-state index in [0.717, 1.165) is 10.7 Å². The summed E-state index contributed by atoms with van der Waals surface area (Å²) in [5.41, 5.74) is 1.91. The van der Waals surface area contributed by atoms with Crippen LogP contribution in [0.1, 0.15) is 49.0 Å². The Morgan fingerprint density at radius 1 is 1.14 bits per heavy atom. The number of ether oxygens (including phenoxy) is 1. The number of benzene rings is 1. The number of thiazole rings is 1. The molecule has 0 spiro atoms. The van der Waals surface area contributed by atoms with Gasteiger partial charge in [0.15, 0.2) is 0 Å². The molecule has 3 amide bonds. The Morgan fingerprint density at radius 2 is 1.95 bits per heavy atom. The maximum atomic E-state index is 12.9. The van der Waals surface area contributed by atoms with E-state index in [0.29, 0.717) is 41.6 Å². The monoisotopic (exact) mass is 525 g/mol. The Balaban J connectivity index is 1.63. The third-order valence-electron chi connectivity index (χ3n) is 5.31. The van der Waals surface area contributed by atoms with E-state index in [1.807, 2.05) is 5.38 Å². The molecule has 0 aliphatic rings. The fourth-order valence-electron chi connectivity index (χ4n) is 3.63. The van der Waals surface area contributed by atoms with E-state index in [2.05, 4.69) is 39.8 Å². The van der Waals surface area contributed by atoms with E-state index < -0.39 is 12.0 Å². The zero-order valence-electron chi connectivity index (χ0n) is 21.0. The van der Waals surface area contributed by atoms with Gasteiger partial charge >= 0.3 is 12.0 Å². The highest BCUT2D eigenvalue weighted by Gasteiger charge is 2.20. The number of nitrogens with zero attached hydrogens (tertiary/aromatic N) is 2. The molecular weight excluding hydrogens is 494 g/mol. The van der Waals surface area contributed by atoms with Crippen LogP contribution in [0, 0.1) is 5.92 Å². The predicted molar refractivity (Wildman–Crippen MR) is 142 cm³/mol. The molecule has 10 nitrogen and oxygen atoms in total. The van der Waals surface area contributed by atoms with Crippen LogP contribution in [0.5, 0.6) is 5.75 Å². The Bertz CT molecular complexity index is 1220. The molecule has 0 radical (unpaired) electrons. The molecule has 2 heterocycles. The van der Waals surface area contributed by atoms with E-state index >= 15 is 0 Å². The van der Waals surface area contributed by atoms with Gasteiger partial charge in [0, 0.05) is 18.0 Å². The number of carbonyl (C=O) groups is 3. The topological polar surface area (TPSA) is 143 Å². The molecular formula is C26H31N5O5S. The first-order chi connectivity index (χ1) is 17.7. The van der Waals surface area contributed by atoms with Crippen molar-refractivity contribution in [3.8, 4) is 5.75 Å². The van der Waals surface area contributed by atoms with Crippen LogP contribution >= 0.6 is 11.3 Å². The van der Waals surface area contributed by atoms with Crippen LogP contribution in [-0.4, -0.2) is 40.1 Å². The second-order valence-electron chi connectivity index (χ2n) is 8.82. The van der Waals surface area contributed by atoms with Crippen molar-refractivity contribution in [2.24, 2.45) is 5.92 Å². The number of carbonyl (C=O) groups excluding carboxylic acids is 2. The van der Waals surface area contributed by atoms with Crippen LogP contribution < -0.4 is 20.7 Å². The number of methoxy groups -OCH3 is 1. The molecule has 0 aliphatic heterocycles. The van der Waals surface area contributed by atoms with Crippen molar-refractivity contribution in [2.75, 3.05) is 17.7 Å². The number of anilines is 2. The largest absolute Gasteiger partial charge is 0.495 e. The van der Waals surface area contributed by atoms with Gasteiger partial charge in [-0.1, -0.05) is 26.0 Å². The molecule has 1 unspecified atom stereocenters. The van der Waals surface area contributed by atoms with Crippen molar-refractivity contribution in [3.05, 3.63) is 64.2 Å². The minimum Gasteiger partial charge on any atom is -0.495 e. The number of carboxylic acid groups (broad SMARTS) is 1. The average molecular weight is 526 g/mol. The molecule has 0 saturated carbocycles. The first-order valence-corrected chi connectivity index (χ1v) is 12.7. The molecule has 3 rings (SSSR count). The number of urea groups is 1. The molecule has 3 aromatic rings. The van der Waals surface area contributed by atoms with Gasteiger partial charge in [-0.2, -0.15) is 0 Å². The van der Waals surface area contributed by atoms with E-state index in [1.165, 1.54) is 18.4 Å². The highest BCUT2D eigenvalue weighted by atomic mass is 32.1. The first kappa shape index (κ1) is 27.6. The molecule has 4 N–H and O–H groups in total. The zero-order valence-corrected chi connectivity index (χ0v) is 21.8. The van der Waals surface area contributed by atoms with Gasteiger partial charge in [-0.25, -0.2) is 14.8 Å². The number of hydrogen-bond acceptors (Lipinski definition) is 7. The maximum Gasteiger partial charge on any atom is 0.324 e. The summed E-state index contributed by atoms with van der Waals surface area (Å²) < 4.78 is 5.42. The van der Waals surface area contributed by atoms with Crippen LogP contribution in [-0.2, 0) is 22.4 Å². The normalized spacial score (nSPS) is 11.6. The van der Waals surface area contributed by atoms with Gasteiger partial charge in [0.25, 0.3) is 0 Å². The second kappa shape index (κ2) is 13.4. The van der Waals surface area contributed by atoms with Crippen molar-refractivity contribution in [1.29, 1.82) is 0 Å². The fourth-order valence-corrected chi connectivity index (χ4v) is 4.48. The highest BCUT2D eigenvalue weighted by molar-refractivity contribution is 7.09. The third kappa shape index (κ3) is 8.87. The number of hydrogen-bond donors (Lipinski definition) is 4. The summed E-state index contributed by atoms with van der Waals surface area (Å²) in [4.78, 5) is 44.7. The van der Waals surface area contributed by atoms with Crippen molar-refractivity contribution in [2.45, 2.75) is 45.6 Å². The number of pyridine rings is 1. The van der Waals surface area contributed by atoms with Gasteiger partial charge in [0.1, 0.15) is 11.6 Å². The molecule has 1 atom stereocenters. The van der Waals surface area contributed by atoms with Gasteiger partial charge in [0.2, 0.25) is 5.91 Å². The minimum atomic E-state index is -0.866. The van der Waals surface area contributed by atoms with Gasteiger partial charge in [-0.05, 0) is 42.2 Å². The molecule has 0 aliphatic carbocycles. The molecule has 0 bridgehead atoms. The lowest BCUT2D eigenvalue weighted by atomic mass is 10.0.